The molecule has 0 bridgehead atoms. The number of aryl methyl sites for hydroxylation is 1. The minimum absolute atomic E-state index is 0.229. The van der Waals surface area contributed by atoms with Crippen LogP contribution >= 0.6 is 34.2 Å². The van der Waals surface area contributed by atoms with Crippen molar-refractivity contribution in [2.45, 2.75) is 6.92 Å². The maximum absolute atomic E-state index is 12.3. The van der Waals surface area contributed by atoms with Crippen LogP contribution in [0.4, 0.5) is 10.5 Å². The first kappa shape index (κ1) is 23.5. The number of amides is 5. The van der Waals surface area contributed by atoms with E-state index in [1.54, 1.807) is 30.3 Å². The lowest BCUT2D eigenvalue weighted by Gasteiger charge is -2.16. The predicted molar refractivity (Wildman–Crippen MR) is 126 cm³/mol. The molecule has 0 radical (unpaired) electrons. The lowest BCUT2D eigenvalue weighted by molar-refractivity contribution is -0.124. The molecule has 1 aliphatic rings. The number of anilines is 1. The molecule has 11 heteroatoms. The number of hydrogen-bond acceptors (Lipinski definition) is 6. The number of barbiturate groups is 1. The Morgan fingerprint density at radius 2 is 1.84 bits per heavy atom. The molecule has 2 aromatic carbocycles. The van der Waals surface area contributed by atoms with Gasteiger partial charge in [-0.15, -0.1) is 0 Å². The zero-order valence-corrected chi connectivity index (χ0v) is 19.8. The second-order valence-electron chi connectivity index (χ2n) is 6.63. The minimum atomic E-state index is -0.876. The number of rotatable bonds is 6. The Bertz CT molecular complexity index is 1140. The molecule has 0 aliphatic carbocycles. The molecular formula is C21H17ClIN3O6. The Balaban J connectivity index is 1.75. The molecule has 0 atom stereocenters. The molecule has 1 heterocycles. The summed E-state index contributed by atoms with van der Waals surface area (Å²) in [5, 5.41) is 7.25. The van der Waals surface area contributed by atoms with Gasteiger partial charge in [-0.3, -0.25) is 25.0 Å². The molecule has 0 spiro atoms. The van der Waals surface area contributed by atoms with Gasteiger partial charge in [-0.2, -0.15) is 0 Å². The third-order valence-electron chi connectivity index (χ3n) is 4.31. The van der Waals surface area contributed by atoms with Crippen LogP contribution in [0.2, 0.25) is 5.02 Å². The summed E-state index contributed by atoms with van der Waals surface area (Å²) in [5.41, 5.74) is 1.67. The molecule has 166 valence electrons. The molecule has 32 heavy (non-hydrogen) atoms. The Hall–Kier alpha value is -3.12. The van der Waals surface area contributed by atoms with Crippen molar-refractivity contribution in [3.8, 4) is 11.5 Å². The number of nitrogens with one attached hydrogen (secondary N) is 3. The van der Waals surface area contributed by atoms with Gasteiger partial charge in [0, 0.05) is 10.7 Å². The number of imide groups is 2. The molecule has 3 N–H and O–H groups in total. The van der Waals surface area contributed by atoms with E-state index < -0.39 is 23.8 Å². The van der Waals surface area contributed by atoms with Gasteiger partial charge in [0.05, 0.1) is 10.7 Å². The number of benzene rings is 2. The van der Waals surface area contributed by atoms with Crippen LogP contribution in [0.3, 0.4) is 0 Å². The molecule has 0 saturated carbocycles. The smallest absolute Gasteiger partial charge is 0.328 e. The van der Waals surface area contributed by atoms with E-state index in [4.69, 9.17) is 21.1 Å². The van der Waals surface area contributed by atoms with E-state index in [0.29, 0.717) is 31.3 Å². The summed E-state index contributed by atoms with van der Waals surface area (Å²) >= 11 is 8.05. The van der Waals surface area contributed by atoms with Crippen molar-refractivity contribution in [1.82, 2.24) is 10.6 Å². The van der Waals surface area contributed by atoms with Crippen LogP contribution in [0.1, 0.15) is 11.1 Å². The van der Waals surface area contributed by atoms with Crippen LogP contribution in [0, 0.1) is 10.5 Å². The van der Waals surface area contributed by atoms with Gasteiger partial charge in [-0.05, 0) is 71.0 Å². The van der Waals surface area contributed by atoms with E-state index in [1.165, 1.54) is 13.2 Å². The molecule has 2 aromatic rings. The highest BCUT2D eigenvalue weighted by molar-refractivity contribution is 14.1. The number of halogens is 2. The number of hydrogen-bond donors (Lipinski definition) is 3. The Morgan fingerprint density at radius 3 is 2.47 bits per heavy atom. The van der Waals surface area contributed by atoms with Crippen LogP contribution in [0.15, 0.2) is 35.9 Å². The fourth-order valence-electron chi connectivity index (χ4n) is 2.74. The number of carbonyl (C=O) groups is 4. The van der Waals surface area contributed by atoms with Crippen LogP contribution in [0.5, 0.6) is 11.5 Å². The van der Waals surface area contributed by atoms with Crippen molar-refractivity contribution in [2.24, 2.45) is 0 Å². The summed E-state index contributed by atoms with van der Waals surface area (Å²) < 4.78 is 11.6. The third-order valence-corrected chi connectivity index (χ3v) is 5.52. The second kappa shape index (κ2) is 10.0. The first-order valence-electron chi connectivity index (χ1n) is 9.12. The lowest BCUT2D eigenvalue weighted by Crippen LogP contribution is -2.51. The first-order chi connectivity index (χ1) is 15.2. The third kappa shape index (κ3) is 5.56. The number of urea groups is 1. The van der Waals surface area contributed by atoms with E-state index in [9.17, 15) is 19.2 Å². The molecule has 9 nitrogen and oxygen atoms in total. The predicted octanol–water partition coefficient (Wildman–Crippen LogP) is 3.03. The highest BCUT2D eigenvalue weighted by Crippen LogP contribution is 2.34. The van der Waals surface area contributed by atoms with Crippen LogP contribution in [0.25, 0.3) is 6.08 Å². The van der Waals surface area contributed by atoms with Gasteiger partial charge in [0.25, 0.3) is 17.7 Å². The zero-order valence-electron chi connectivity index (χ0n) is 16.9. The standard InChI is InChI=1S/C21H17ClIN3O6/c1-10-3-4-12(8-14(10)22)24-17(27)9-32-18-15(23)6-11(7-16(18)31-2)5-13-19(28)25-21(30)26-20(13)29/h3-8H,9H2,1-2H3,(H,24,27)(H2,25,26,28,29,30). The van der Waals surface area contributed by atoms with Crippen molar-refractivity contribution in [2.75, 3.05) is 19.0 Å². The Labute approximate surface area is 201 Å². The average Bonchev–Trinajstić information content (AvgIpc) is 2.72. The van der Waals surface area contributed by atoms with Crippen molar-refractivity contribution in [1.29, 1.82) is 0 Å². The van der Waals surface area contributed by atoms with E-state index in [2.05, 4.69) is 5.32 Å². The first-order valence-corrected chi connectivity index (χ1v) is 10.6. The zero-order chi connectivity index (χ0) is 23.4. The normalized spacial score (nSPS) is 13.2. The number of carbonyl (C=O) groups excluding carboxylic acids is 4. The van der Waals surface area contributed by atoms with E-state index in [1.807, 2.05) is 40.1 Å². The van der Waals surface area contributed by atoms with Gasteiger partial charge in [-0.1, -0.05) is 17.7 Å². The minimum Gasteiger partial charge on any atom is -0.493 e. The highest BCUT2D eigenvalue weighted by Gasteiger charge is 2.28. The summed E-state index contributed by atoms with van der Waals surface area (Å²) in [5.74, 6) is -1.39. The van der Waals surface area contributed by atoms with Crippen LogP contribution in [-0.4, -0.2) is 37.5 Å². The Kier molecular flexibility index (Phi) is 7.36. The van der Waals surface area contributed by atoms with E-state index in [-0.39, 0.29) is 12.2 Å². The number of methoxy groups -OCH3 is 1. The molecule has 5 amide bonds. The molecule has 1 aliphatic heterocycles. The Morgan fingerprint density at radius 1 is 1.16 bits per heavy atom. The monoisotopic (exact) mass is 569 g/mol. The molecule has 0 unspecified atom stereocenters. The maximum atomic E-state index is 12.3. The van der Waals surface area contributed by atoms with Crippen LogP contribution < -0.4 is 25.4 Å². The molecule has 1 saturated heterocycles. The fraction of sp³-hybridized carbons (Fsp3) is 0.143. The lowest BCUT2D eigenvalue weighted by atomic mass is 10.1. The summed E-state index contributed by atoms with van der Waals surface area (Å²) in [6, 6.07) is 7.47. The second-order valence-corrected chi connectivity index (χ2v) is 8.20. The van der Waals surface area contributed by atoms with Gasteiger partial charge >= 0.3 is 6.03 Å². The summed E-state index contributed by atoms with van der Waals surface area (Å²) in [7, 11) is 1.42. The van der Waals surface area contributed by atoms with Crippen molar-refractivity contribution in [3.63, 3.8) is 0 Å². The average molecular weight is 570 g/mol. The van der Waals surface area contributed by atoms with Gasteiger partial charge in [0.1, 0.15) is 5.57 Å². The molecular weight excluding hydrogens is 553 g/mol. The van der Waals surface area contributed by atoms with Gasteiger partial charge in [0.2, 0.25) is 0 Å². The topological polar surface area (TPSA) is 123 Å². The van der Waals surface area contributed by atoms with E-state index in [0.717, 1.165) is 5.56 Å². The van der Waals surface area contributed by atoms with Gasteiger partial charge in [-0.25, -0.2) is 4.79 Å². The summed E-state index contributed by atoms with van der Waals surface area (Å²) in [6.45, 7) is 1.57. The van der Waals surface area contributed by atoms with Gasteiger partial charge < -0.3 is 14.8 Å². The van der Waals surface area contributed by atoms with E-state index >= 15 is 0 Å². The van der Waals surface area contributed by atoms with Crippen LogP contribution in [-0.2, 0) is 14.4 Å². The van der Waals surface area contributed by atoms with Crippen molar-refractivity contribution >= 4 is 69.7 Å². The maximum Gasteiger partial charge on any atom is 0.328 e. The van der Waals surface area contributed by atoms with Gasteiger partial charge in [0.15, 0.2) is 18.1 Å². The van der Waals surface area contributed by atoms with Crippen molar-refractivity contribution in [3.05, 3.63) is 55.6 Å². The SMILES string of the molecule is COc1cc(C=C2C(=O)NC(=O)NC2=O)cc(I)c1OCC(=O)Nc1ccc(C)c(Cl)c1. The highest BCUT2D eigenvalue weighted by atomic mass is 127. The molecule has 0 aromatic heterocycles. The molecule has 3 rings (SSSR count). The quantitative estimate of drug-likeness (QED) is 0.279. The fourth-order valence-corrected chi connectivity index (χ4v) is 3.70. The summed E-state index contributed by atoms with van der Waals surface area (Å²) in [4.78, 5) is 47.3. The van der Waals surface area contributed by atoms with Crippen molar-refractivity contribution < 1.29 is 28.7 Å². The molecule has 1 fully saturated rings. The summed E-state index contributed by atoms with van der Waals surface area (Å²) in [6.07, 6.45) is 1.32. The largest absolute Gasteiger partial charge is 0.493 e. The number of ether oxygens (including phenoxy) is 2.